The number of ether oxygens (including phenoxy) is 3. The SMILES string of the molecule is C=CCOCC(O)CN(CCC)Cc1c(-c2ccccc2)nn(C)c1Oc1ccccc1OC. The average molecular weight is 466 g/mol. The minimum atomic E-state index is -0.609. The van der Waals surface area contributed by atoms with Gasteiger partial charge in [-0.1, -0.05) is 55.5 Å². The minimum Gasteiger partial charge on any atom is -0.493 e. The van der Waals surface area contributed by atoms with E-state index < -0.39 is 6.10 Å². The van der Waals surface area contributed by atoms with E-state index in [1.807, 2.05) is 61.6 Å². The molecule has 2 aromatic carbocycles. The molecular weight excluding hydrogens is 430 g/mol. The largest absolute Gasteiger partial charge is 0.493 e. The lowest BCUT2D eigenvalue weighted by Gasteiger charge is -2.25. The molecule has 1 heterocycles. The maximum atomic E-state index is 10.5. The van der Waals surface area contributed by atoms with Crippen LogP contribution in [0.15, 0.2) is 67.3 Å². The molecule has 0 bridgehead atoms. The van der Waals surface area contributed by atoms with Gasteiger partial charge in [-0.25, -0.2) is 4.68 Å². The van der Waals surface area contributed by atoms with Crippen molar-refractivity contribution in [3.63, 3.8) is 0 Å². The summed E-state index contributed by atoms with van der Waals surface area (Å²) in [6, 6.07) is 17.6. The van der Waals surface area contributed by atoms with Gasteiger partial charge in [0.2, 0.25) is 5.88 Å². The number of aromatic nitrogens is 2. The predicted octanol–water partition coefficient (Wildman–Crippen LogP) is 4.66. The van der Waals surface area contributed by atoms with Crippen LogP contribution < -0.4 is 9.47 Å². The van der Waals surface area contributed by atoms with Gasteiger partial charge in [0.05, 0.1) is 32.0 Å². The van der Waals surface area contributed by atoms with Crippen molar-refractivity contribution in [2.45, 2.75) is 26.0 Å². The molecule has 182 valence electrons. The number of aliphatic hydroxyl groups is 1. The summed E-state index contributed by atoms with van der Waals surface area (Å²) in [5.74, 6) is 1.91. The first-order valence-corrected chi connectivity index (χ1v) is 11.6. The van der Waals surface area contributed by atoms with Crippen molar-refractivity contribution in [1.29, 1.82) is 0 Å². The number of benzene rings is 2. The molecule has 0 spiro atoms. The quantitative estimate of drug-likeness (QED) is 0.276. The zero-order chi connectivity index (χ0) is 24.3. The van der Waals surface area contributed by atoms with Gasteiger partial charge >= 0.3 is 0 Å². The maximum absolute atomic E-state index is 10.5. The van der Waals surface area contributed by atoms with Crippen molar-refractivity contribution >= 4 is 0 Å². The summed E-state index contributed by atoms with van der Waals surface area (Å²) in [4.78, 5) is 2.21. The fourth-order valence-electron chi connectivity index (χ4n) is 3.87. The molecular formula is C27H35N3O4. The number of aryl methyl sites for hydroxylation is 1. The van der Waals surface area contributed by atoms with E-state index in [0.717, 1.165) is 29.8 Å². The third kappa shape index (κ3) is 6.70. The third-order valence-corrected chi connectivity index (χ3v) is 5.35. The zero-order valence-corrected chi connectivity index (χ0v) is 20.3. The fourth-order valence-corrected chi connectivity index (χ4v) is 3.87. The molecule has 1 N–H and O–H groups in total. The Bertz CT molecular complexity index is 1040. The molecule has 3 aromatic rings. The normalized spacial score (nSPS) is 12.0. The number of hydrogen-bond donors (Lipinski definition) is 1. The highest BCUT2D eigenvalue weighted by Crippen LogP contribution is 2.37. The van der Waals surface area contributed by atoms with Gasteiger partial charge in [-0.2, -0.15) is 5.10 Å². The fraction of sp³-hybridized carbons (Fsp3) is 0.370. The summed E-state index contributed by atoms with van der Waals surface area (Å²) in [5, 5.41) is 15.4. The molecule has 0 aliphatic rings. The van der Waals surface area contributed by atoms with Gasteiger partial charge in [0.25, 0.3) is 0 Å². The Morgan fingerprint density at radius 1 is 1.12 bits per heavy atom. The second-order valence-corrected chi connectivity index (χ2v) is 8.09. The first-order chi connectivity index (χ1) is 16.6. The Labute approximate surface area is 202 Å². The number of hydrogen-bond acceptors (Lipinski definition) is 6. The molecule has 1 unspecified atom stereocenters. The molecule has 0 aliphatic heterocycles. The molecule has 0 aliphatic carbocycles. The molecule has 34 heavy (non-hydrogen) atoms. The topological polar surface area (TPSA) is 69.0 Å². The molecule has 0 saturated carbocycles. The van der Waals surface area contributed by atoms with Gasteiger partial charge < -0.3 is 19.3 Å². The van der Waals surface area contributed by atoms with E-state index in [1.165, 1.54) is 0 Å². The highest BCUT2D eigenvalue weighted by Gasteiger charge is 2.24. The molecule has 0 fully saturated rings. The zero-order valence-electron chi connectivity index (χ0n) is 20.3. The van der Waals surface area contributed by atoms with E-state index in [9.17, 15) is 5.11 Å². The van der Waals surface area contributed by atoms with Gasteiger partial charge in [-0.05, 0) is 25.1 Å². The average Bonchev–Trinajstić information content (AvgIpc) is 3.15. The lowest BCUT2D eigenvalue weighted by atomic mass is 10.1. The molecule has 0 amide bonds. The second kappa shape index (κ2) is 12.9. The maximum Gasteiger partial charge on any atom is 0.222 e. The van der Waals surface area contributed by atoms with Crippen molar-refractivity contribution in [3.8, 4) is 28.6 Å². The standard InChI is InChI=1S/C27H35N3O4/c1-5-16-30(18-22(31)20-33-17-6-2)19-23-26(21-12-8-7-9-13-21)28-29(3)27(23)34-25-15-11-10-14-24(25)32-4/h6-15,22,31H,2,5,16-20H2,1,3-4H3. The molecule has 1 aromatic heterocycles. The predicted molar refractivity (Wildman–Crippen MR) is 134 cm³/mol. The van der Waals surface area contributed by atoms with Crippen molar-refractivity contribution in [2.24, 2.45) is 7.05 Å². The van der Waals surface area contributed by atoms with Gasteiger partial charge in [0.1, 0.15) is 5.69 Å². The van der Waals surface area contributed by atoms with E-state index in [4.69, 9.17) is 19.3 Å². The van der Waals surface area contributed by atoms with Crippen LogP contribution in [0.1, 0.15) is 18.9 Å². The van der Waals surface area contributed by atoms with Crippen molar-refractivity contribution < 1.29 is 19.3 Å². The van der Waals surface area contributed by atoms with E-state index in [0.29, 0.717) is 37.1 Å². The molecule has 3 rings (SSSR count). The first kappa shape index (κ1) is 25.5. The lowest BCUT2D eigenvalue weighted by Crippen LogP contribution is -2.35. The summed E-state index contributed by atoms with van der Waals surface area (Å²) in [5.41, 5.74) is 2.81. The summed E-state index contributed by atoms with van der Waals surface area (Å²) in [6.45, 7) is 8.31. The van der Waals surface area contributed by atoms with Crippen LogP contribution in [-0.2, 0) is 18.3 Å². The number of para-hydroxylation sites is 2. The Morgan fingerprint density at radius 3 is 2.50 bits per heavy atom. The second-order valence-electron chi connectivity index (χ2n) is 8.09. The van der Waals surface area contributed by atoms with Crippen LogP contribution in [0.2, 0.25) is 0 Å². The van der Waals surface area contributed by atoms with Crippen molar-refractivity contribution in [3.05, 3.63) is 72.8 Å². The Morgan fingerprint density at radius 2 is 1.82 bits per heavy atom. The van der Waals surface area contributed by atoms with Crippen LogP contribution >= 0.6 is 0 Å². The number of nitrogens with zero attached hydrogens (tertiary/aromatic N) is 3. The van der Waals surface area contributed by atoms with Gasteiger partial charge in [0, 0.05) is 25.7 Å². The number of aliphatic hydroxyl groups excluding tert-OH is 1. The number of rotatable bonds is 14. The van der Waals surface area contributed by atoms with Crippen LogP contribution in [0.3, 0.4) is 0 Å². The third-order valence-electron chi connectivity index (χ3n) is 5.35. The molecule has 1 atom stereocenters. The van der Waals surface area contributed by atoms with Gasteiger partial charge in [0.15, 0.2) is 11.5 Å². The highest BCUT2D eigenvalue weighted by molar-refractivity contribution is 5.65. The van der Waals surface area contributed by atoms with E-state index >= 15 is 0 Å². The molecule has 0 radical (unpaired) electrons. The van der Waals surface area contributed by atoms with Crippen molar-refractivity contribution in [2.75, 3.05) is 33.4 Å². The summed E-state index contributed by atoms with van der Waals surface area (Å²) in [7, 11) is 3.50. The Hall–Kier alpha value is -3.13. The lowest BCUT2D eigenvalue weighted by molar-refractivity contribution is 0.0245. The minimum absolute atomic E-state index is 0.259. The van der Waals surface area contributed by atoms with Gasteiger partial charge in [-0.15, -0.1) is 6.58 Å². The van der Waals surface area contributed by atoms with Crippen LogP contribution in [0, 0.1) is 0 Å². The molecule has 0 saturated heterocycles. The van der Waals surface area contributed by atoms with Gasteiger partial charge in [-0.3, -0.25) is 4.90 Å². The molecule has 7 nitrogen and oxygen atoms in total. The van der Waals surface area contributed by atoms with E-state index in [-0.39, 0.29) is 6.61 Å². The van der Waals surface area contributed by atoms with E-state index in [1.54, 1.807) is 17.9 Å². The first-order valence-electron chi connectivity index (χ1n) is 11.6. The Balaban J connectivity index is 1.95. The summed E-state index contributed by atoms with van der Waals surface area (Å²) < 4.78 is 19.1. The number of methoxy groups -OCH3 is 1. The smallest absolute Gasteiger partial charge is 0.222 e. The highest BCUT2D eigenvalue weighted by atomic mass is 16.5. The summed E-state index contributed by atoms with van der Waals surface area (Å²) in [6.07, 6.45) is 2.02. The van der Waals surface area contributed by atoms with Crippen LogP contribution in [0.4, 0.5) is 0 Å². The summed E-state index contributed by atoms with van der Waals surface area (Å²) >= 11 is 0. The monoisotopic (exact) mass is 465 g/mol. The van der Waals surface area contributed by atoms with Crippen LogP contribution in [-0.4, -0.2) is 59.3 Å². The van der Waals surface area contributed by atoms with Crippen molar-refractivity contribution in [1.82, 2.24) is 14.7 Å². The van der Waals surface area contributed by atoms with E-state index in [2.05, 4.69) is 18.4 Å². The Kier molecular flexibility index (Phi) is 9.70. The van der Waals surface area contributed by atoms with Crippen LogP contribution in [0.5, 0.6) is 17.4 Å². The van der Waals surface area contributed by atoms with Crippen LogP contribution in [0.25, 0.3) is 11.3 Å². The molecule has 7 heteroatoms.